The Morgan fingerprint density at radius 3 is 2.78 bits per heavy atom. The van der Waals surface area contributed by atoms with Gasteiger partial charge in [-0.15, -0.1) is 0 Å². The van der Waals surface area contributed by atoms with Crippen molar-refractivity contribution in [2.24, 2.45) is 7.05 Å². The van der Waals surface area contributed by atoms with Gasteiger partial charge in [-0.1, -0.05) is 23.6 Å². The van der Waals surface area contributed by atoms with E-state index in [1.54, 1.807) is 38.2 Å². The first-order chi connectivity index (χ1) is 13.0. The van der Waals surface area contributed by atoms with E-state index in [9.17, 15) is 4.79 Å². The molecule has 3 rings (SSSR count). The second kappa shape index (κ2) is 7.89. The first-order valence-corrected chi connectivity index (χ1v) is 8.34. The summed E-state index contributed by atoms with van der Waals surface area (Å²) in [7, 11) is 3.35. The maximum absolute atomic E-state index is 12.3. The number of carbonyl (C=O) groups excluding carboxylic acids is 1. The fourth-order valence-electron chi connectivity index (χ4n) is 2.53. The number of para-hydroxylation sites is 1. The number of ether oxygens (including phenoxy) is 1. The number of methoxy groups -OCH3 is 1. The number of nitrogens with zero attached hydrogens (tertiary/aromatic N) is 4. The monoisotopic (exact) mass is 381 g/mol. The van der Waals surface area contributed by atoms with Crippen LogP contribution in [-0.4, -0.2) is 32.6 Å². The van der Waals surface area contributed by atoms with E-state index >= 15 is 0 Å². The van der Waals surface area contributed by atoms with Gasteiger partial charge >= 0.3 is 0 Å². The third-order valence-corrected chi connectivity index (χ3v) is 3.89. The molecule has 8 heteroatoms. The molecule has 0 spiro atoms. The van der Waals surface area contributed by atoms with Gasteiger partial charge in [0, 0.05) is 13.2 Å². The van der Waals surface area contributed by atoms with Gasteiger partial charge in [0.15, 0.2) is 11.6 Å². The highest BCUT2D eigenvalue weighted by atomic mass is 35.5. The summed E-state index contributed by atoms with van der Waals surface area (Å²) < 4.78 is 7.19. The summed E-state index contributed by atoms with van der Waals surface area (Å²) in [6, 6.07) is 7.08. The summed E-state index contributed by atoms with van der Waals surface area (Å²) in [5.74, 6) is 5.81. The smallest absolute Gasteiger partial charge is 0.239 e. The Bertz CT molecular complexity index is 1070. The summed E-state index contributed by atoms with van der Waals surface area (Å²) in [6.45, 7) is 1.60. The predicted octanol–water partition coefficient (Wildman–Crippen LogP) is 3.49. The van der Waals surface area contributed by atoms with Gasteiger partial charge in [-0.3, -0.25) is 9.48 Å². The average Bonchev–Trinajstić information content (AvgIpc) is 3.08. The molecule has 3 aromatic rings. The van der Waals surface area contributed by atoms with Gasteiger partial charge in [0.05, 0.1) is 29.6 Å². The zero-order valence-electron chi connectivity index (χ0n) is 14.9. The van der Waals surface area contributed by atoms with Crippen molar-refractivity contribution in [3.63, 3.8) is 0 Å². The zero-order valence-corrected chi connectivity index (χ0v) is 15.7. The fourth-order valence-corrected chi connectivity index (χ4v) is 2.69. The number of anilines is 2. The largest absolute Gasteiger partial charge is 0.494 e. The van der Waals surface area contributed by atoms with E-state index in [4.69, 9.17) is 16.3 Å². The molecule has 7 nitrogen and oxygen atoms in total. The van der Waals surface area contributed by atoms with Crippen molar-refractivity contribution in [1.82, 2.24) is 19.7 Å². The van der Waals surface area contributed by atoms with Crippen molar-refractivity contribution in [1.29, 1.82) is 0 Å². The molecule has 1 N–H and O–H groups in total. The number of ketones is 1. The first kappa shape index (κ1) is 18.4. The van der Waals surface area contributed by atoms with Gasteiger partial charge in [0.2, 0.25) is 5.78 Å². The van der Waals surface area contributed by atoms with E-state index in [-0.39, 0.29) is 10.9 Å². The minimum absolute atomic E-state index is 0.250. The van der Waals surface area contributed by atoms with E-state index in [1.807, 2.05) is 18.2 Å². The molecule has 2 heterocycles. The van der Waals surface area contributed by atoms with Gasteiger partial charge in [-0.25, -0.2) is 9.97 Å². The van der Waals surface area contributed by atoms with Crippen LogP contribution in [0.3, 0.4) is 0 Å². The number of aryl methyl sites for hydroxylation is 1. The standard InChI is InChI=1S/C19H16ClN5O2/c1-4-6-16(26)13-10-21-17(20)9-15(13)23-14-8-5-7-12(18(14)27-3)19-22-11-25(2)24-19/h5,7-11H,1-3H3,(H,21,23). The maximum atomic E-state index is 12.3. The Morgan fingerprint density at radius 1 is 1.30 bits per heavy atom. The van der Waals surface area contributed by atoms with Crippen molar-refractivity contribution >= 4 is 28.8 Å². The molecule has 0 radical (unpaired) electrons. The molecule has 0 fully saturated rings. The summed E-state index contributed by atoms with van der Waals surface area (Å²) in [5.41, 5.74) is 2.14. The lowest BCUT2D eigenvalue weighted by Gasteiger charge is -2.15. The van der Waals surface area contributed by atoms with E-state index in [0.717, 1.165) is 0 Å². The quantitative estimate of drug-likeness (QED) is 0.315. The minimum atomic E-state index is -0.356. The van der Waals surface area contributed by atoms with Crippen LogP contribution in [0.5, 0.6) is 5.75 Å². The zero-order chi connectivity index (χ0) is 19.4. The Morgan fingerprint density at radius 2 is 2.11 bits per heavy atom. The molecule has 0 amide bonds. The van der Waals surface area contributed by atoms with Crippen molar-refractivity contribution in [2.75, 3.05) is 12.4 Å². The third kappa shape index (κ3) is 3.91. The first-order valence-electron chi connectivity index (χ1n) is 7.96. The SMILES string of the molecule is CC#CC(=O)c1cnc(Cl)cc1Nc1cccc(-c2ncn(C)n2)c1OC. The highest BCUT2D eigenvalue weighted by molar-refractivity contribution is 6.30. The second-order valence-corrected chi connectivity index (χ2v) is 5.90. The summed E-state index contributed by atoms with van der Waals surface area (Å²) >= 11 is 6.02. The van der Waals surface area contributed by atoms with Gasteiger partial charge < -0.3 is 10.1 Å². The lowest BCUT2D eigenvalue weighted by molar-refractivity contribution is 0.105. The van der Waals surface area contributed by atoms with Crippen molar-refractivity contribution in [3.8, 4) is 29.0 Å². The molecule has 0 aliphatic heterocycles. The topological polar surface area (TPSA) is 81.9 Å². The van der Waals surface area contributed by atoms with Gasteiger partial charge in [0.1, 0.15) is 11.5 Å². The molecule has 0 saturated heterocycles. The van der Waals surface area contributed by atoms with Crippen molar-refractivity contribution in [2.45, 2.75) is 6.92 Å². The predicted molar refractivity (Wildman–Crippen MR) is 103 cm³/mol. The number of carbonyl (C=O) groups is 1. The van der Waals surface area contributed by atoms with Gasteiger partial charge in [0.25, 0.3) is 0 Å². The fraction of sp³-hybridized carbons (Fsp3) is 0.158. The van der Waals surface area contributed by atoms with Crippen LogP contribution >= 0.6 is 11.6 Å². The van der Waals surface area contributed by atoms with Crippen LogP contribution < -0.4 is 10.1 Å². The lowest BCUT2D eigenvalue weighted by atomic mass is 10.1. The minimum Gasteiger partial charge on any atom is -0.494 e. The number of halogens is 1. The van der Waals surface area contributed by atoms with Crippen LogP contribution in [0, 0.1) is 11.8 Å². The molecule has 136 valence electrons. The molecule has 27 heavy (non-hydrogen) atoms. The summed E-state index contributed by atoms with van der Waals surface area (Å²) in [4.78, 5) is 20.5. The molecule has 0 aliphatic carbocycles. The lowest BCUT2D eigenvalue weighted by Crippen LogP contribution is -2.04. The van der Waals surface area contributed by atoms with Crippen LogP contribution in [0.15, 0.2) is 36.8 Å². The number of hydrogen-bond donors (Lipinski definition) is 1. The average molecular weight is 382 g/mol. The summed E-state index contributed by atoms with van der Waals surface area (Å²) in [6.07, 6.45) is 3.01. The molecule has 2 aromatic heterocycles. The highest BCUT2D eigenvalue weighted by Crippen LogP contribution is 2.37. The molecule has 0 bridgehead atoms. The number of nitrogens with one attached hydrogen (secondary N) is 1. The number of aromatic nitrogens is 4. The van der Waals surface area contributed by atoms with Crippen molar-refractivity contribution < 1.29 is 9.53 Å². The van der Waals surface area contributed by atoms with Gasteiger partial charge in [-0.05, 0) is 31.0 Å². The summed E-state index contributed by atoms with van der Waals surface area (Å²) in [5, 5.41) is 7.75. The molecular weight excluding hydrogens is 366 g/mol. The number of hydrogen-bond acceptors (Lipinski definition) is 6. The number of benzene rings is 1. The normalized spacial score (nSPS) is 10.1. The number of Topliss-reactive ketones (excluding diaryl/α,β-unsaturated/α-hetero) is 1. The molecule has 0 atom stereocenters. The molecule has 0 aliphatic rings. The molecular formula is C19H16ClN5O2. The van der Waals surface area contributed by atoms with Crippen LogP contribution in [0.4, 0.5) is 11.4 Å². The number of pyridine rings is 1. The molecule has 0 unspecified atom stereocenters. The Kier molecular flexibility index (Phi) is 5.38. The Hall–Kier alpha value is -3.37. The molecule has 1 aromatic carbocycles. The van der Waals surface area contributed by atoms with Gasteiger partial charge in [-0.2, -0.15) is 5.10 Å². The number of rotatable bonds is 5. The molecule has 0 saturated carbocycles. The van der Waals surface area contributed by atoms with Crippen LogP contribution in [0.2, 0.25) is 5.15 Å². The third-order valence-electron chi connectivity index (χ3n) is 3.68. The van der Waals surface area contributed by atoms with Crippen LogP contribution in [0.25, 0.3) is 11.4 Å². The maximum Gasteiger partial charge on any atom is 0.239 e. The van der Waals surface area contributed by atoms with E-state index in [1.165, 1.54) is 6.20 Å². The van der Waals surface area contributed by atoms with Crippen molar-refractivity contribution in [3.05, 3.63) is 47.5 Å². The van der Waals surface area contributed by atoms with Crippen LogP contribution in [0.1, 0.15) is 17.3 Å². The van der Waals surface area contributed by atoms with E-state index in [0.29, 0.717) is 34.1 Å². The van der Waals surface area contributed by atoms with E-state index in [2.05, 4.69) is 32.2 Å². The van der Waals surface area contributed by atoms with Crippen LogP contribution in [-0.2, 0) is 7.05 Å². The second-order valence-electron chi connectivity index (χ2n) is 5.51. The van der Waals surface area contributed by atoms with E-state index < -0.39 is 0 Å². The highest BCUT2D eigenvalue weighted by Gasteiger charge is 2.17. The Labute approximate surface area is 161 Å². The Balaban J connectivity index is 2.07.